The molecule has 0 aromatic heterocycles. The lowest BCUT2D eigenvalue weighted by Gasteiger charge is -2.24. The molecule has 3 rings (SSSR count). The largest absolute Gasteiger partial charge is 0.271 e. The maximum absolute atomic E-state index is 13.6. The van der Waals surface area contributed by atoms with Crippen LogP contribution in [0.15, 0.2) is 82.8 Å². The SMILES string of the molecule is O=C(CN(c1cc(Cl)cc(Cl)c1)S(=O)(=O)c1ccccc1)N/N=C\c1ccccc1F. The Bertz CT molecular complexity index is 1200. The molecule has 0 atom stereocenters. The molecule has 0 fully saturated rings. The molecule has 3 aromatic carbocycles. The van der Waals surface area contributed by atoms with E-state index in [9.17, 15) is 17.6 Å². The van der Waals surface area contributed by atoms with Gasteiger partial charge in [0.2, 0.25) is 0 Å². The fraction of sp³-hybridized carbons (Fsp3) is 0.0476. The van der Waals surface area contributed by atoms with E-state index in [1.54, 1.807) is 24.3 Å². The minimum absolute atomic E-state index is 0.0197. The summed E-state index contributed by atoms with van der Waals surface area (Å²) >= 11 is 12.1. The van der Waals surface area contributed by atoms with Gasteiger partial charge in [-0.15, -0.1) is 0 Å². The second-order valence-electron chi connectivity index (χ2n) is 6.27. The second-order valence-corrected chi connectivity index (χ2v) is 9.00. The van der Waals surface area contributed by atoms with E-state index in [0.29, 0.717) is 0 Å². The van der Waals surface area contributed by atoms with E-state index in [0.717, 1.165) is 10.5 Å². The van der Waals surface area contributed by atoms with Crippen LogP contribution in [-0.2, 0) is 14.8 Å². The van der Waals surface area contributed by atoms with Crippen LogP contribution in [0.3, 0.4) is 0 Å². The second kappa shape index (κ2) is 9.91. The lowest BCUT2D eigenvalue weighted by atomic mass is 10.2. The van der Waals surface area contributed by atoms with Crippen molar-refractivity contribution in [2.45, 2.75) is 4.90 Å². The zero-order chi connectivity index (χ0) is 22.4. The van der Waals surface area contributed by atoms with E-state index in [1.807, 2.05) is 0 Å². The summed E-state index contributed by atoms with van der Waals surface area (Å²) in [5.74, 6) is -1.26. The number of carbonyl (C=O) groups is 1. The van der Waals surface area contributed by atoms with Crippen LogP contribution in [0.1, 0.15) is 5.56 Å². The van der Waals surface area contributed by atoms with E-state index >= 15 is 0 Å². The van der Waals surface area contributed by atoms with Gasteiger partial charge in [0.05, 0.1) is 16.8 Å². The van der Waals surface area contributed by atoms with Crippen molar-refractivity contribution >= 4 is 51.0 Å². The summed E-state index contributed by atoms with van der Waals surface area (Å²) in [7, 11) is -4.12. The summed E-state index contributed by atoms with van der Waals surface area (Å²) in [5.41, 5.74) is 2.47. The van der Waals surface area contributed by atoms with Gasteiger partial charge in [-0.1, -0.05) is 59.6 Å². The number of hydrogen-bond donors (Lipinski definition) is 1. The molecule has 0 radical (unpaired) electrons. The first-order valence-corrected chi connectivity index (χ1v) is 11.1. The molecule has 6 nitrogen and oxygen atoms in total. The molecule has 0 bridgehead atoms. The van der Waals surface area contributed by atoms with Crippen molar-refractivity contribution in [1.29, 1.82) is 0 Å². The molecule has 3 aromatic rings. The van der Waals surface area contributed by atoms with Gasteiger partial charge in [0.15, 0.2) is 0 Å². The first-order valence-electron chi connectivity index (χ1n) is 8.88. The van der Waals surface area contributed by atoms with E-state index in [-0.39, 0.29) is 26.2 Å². The molecule has 0 saturated carbocycles. The van der Waals surface area contributed by atoms with Crippen molar-refractivity contribution in [2.24, 2.45) is 5.10 Å². The Balaban J connectivity index is 1.88. The van der Waals surface area contributed by atoms with Gasteiger partial charge < -0.3 is 0 Å². The molecule has 1 amide bonds. The van der Waals surface area contributed by atoms with Crippen molar-refractivity contribution in [1.82, 2.24) is 5.43 Å². The molecule has 160 valence electrons. The number of sulfonamides is 1. The van der Waals surface area contributed by atoms with Crippen LogP contribution in [0.25, 0.3) is 0 Å². The lowest BCUT2D eigenvalue weighted by molar-refractivity contribution is -0.119. The Morgan fingerprint density at radius 3 is 2.26 bits per heavy atom. The van der Waals surface area contributed by atoms with Crippen LogP contribution in [0.2, 0.25) is 10.0 Å². The topological polar surface area (TPSA) is 78.8 Å². The number of rotatable bonds is 7. The molecule has 31 heavy (non-hydrogen) atoms. The van der Waals surface area contributed by atoms with Gasteiger partial charge in [-0.2, -0.15) is 5.10 Å². The standard InChI is InChI=1S/C21H16Cl2FN3O3S/c22-16-10-17(23)12-18(11-16)27(31(29,30)19-7-2-1-3-8-19)14-21(28)26-25-13-15-6-4-5-9-20(15)24/h1-13H,14H2,(H,26,28)/b25-13-. The number of nitrogens with zero attached hydrogens (tertiary/aromatic N) is 2. The highest BCUT2D eigenvalue weighted by Crippen LogP contribution is 2.29. The molecule has 0 spiro atoms. The van der Waals surface area contributed by atoms with Crippen LogP contribution >= 0.6 is 23.2 Å². The fourth-order valence-electron chi connectivity index (χ4n) is 2.64. The molecular formula is C21H16Cl2FN3O3S. The van der Waals surface area contributed by atoms with Crippen LogP contribution in [-0.4, -0.2) is 27.1 Å². The number of halogens is 3. The highest BCUT2D eigenvalue weighted by Gasteiger charge is 2.27. The molecule has 0 heterocycles. The van der Waals surface area contributed by atoms with Gasteiger partial charge in [-0.25, -0.2) is 18.2 Å². The predicted octanol–water partition coefficient (Wildman–Crippen LogP) is 4.48. The van der Waals surface area contributed by atoms with E-state index in [1.165, 1.54) is 48.5 Å². The van der Waals surface area contributed by atoms with Crippen molar-refractivity contribution in [2.75, 3.05) is 10.8 Å². The van der Waals surface area contributed by atoms with Gasteiger partial charge in [0.25, 0.3) is 15.9 Å². The highest BCUT2D eigenvalue weighted by atomic mass is 35.5. The highest BCUT2D eigenvalue weighted by molar-refractivity contribution is 7.92. The molecular weight excluding hydrogens is 464 g/mol. The lowest BCUT2D eigenvalue weighted by Crippen LogP contribution is -2.39. The van der Waals surface area contributed by atoms with Gasteiger partial charge in [-0.3, -0.25) is 9.10 Å². The number of nitrogens with one attached hydrogen (secondary N) is 1. The van der Waals surface area contributed by atoms with Crippen molar-refractivity contribution in [3.63, 3.8) is 0 Å². The average molecular weight is 480 g/mol. The number of anilines is 1. The molecule has 10 heteroatoms. The zero-order valence-electron chi connectivity index (χ0n) is 15.9. The fourth-order valence-corrected chi connectivity index (χ4v) is 4.58. The first kappa shape index (κ1) is 22.7. The summed E-state index contributed by atoms with van der Waals surface area (Å²) in [6.45, 7) is -0.609. The van der Waals surface area contributed by atoms with Crippen LogP contribution in [0, 0.1) is 5.82 Å². The minimum Gasteiger partial charge on any atom is -0.271 e. The predicted molar refractivity (Wildman–Crippen MR) is 120 cm³/mol. The van der Waals surface area contributed by atoms with E-state index in [4.69, 9.17) is 23.2 Å². The maximum Gasteiger partial charge on any atom is 0.264 e. The van der Waals surface area contributed by atoms with Crippen molar-refractivity contribution in [3.05, 3.63) is 94.2 Å². The summed E-state index contributed by atoms with van der Waals surface area (Å²) in [6.07, 6.45) is 1.12. The number of benzene rings is 3. The third-order valence-electron chi connectivity index (χ3n) is 4.05. The van der Waals surface area contributed by atoms with Gasteiger partial charge in [-0.05, 0) is 36.4 Å². The molecule has 0 unspecified atom stereocenters. The quantitative estimate of drug-likeness (QED) is 0.400. The Kier molecular flexibility index (Phi) is 7.27. The first-order chi connectivity index (χ1) is 14.8. The van der Waals surface area contributed by atoms with Crippen molar-refractivity contribution in [3.8, 4) is 0 Å². The summed E-state index contributed by atoms with van der Waals surface area (Å²) in [5, 5.41) is 4.11. The zero-order valence-corrected chi connectivity index (χ0v) is 18.2. The third-order valence-corrected chi connectivity index (χ3v) is 6.28. The minimum atomic E-state index is -4.12. The maximum atomic E-state index is 13.6. The number of amides is 1. The Labute approximate surface area is 189 Å². The average Bonchev–Trinajstić information content (AvgIpc) is 2.73. The Morgan fingerprint density at radius 1 is 1.00 bits per heavy atom. The summed E-state index contributed by atoms with van der Waals surface area (Å²) in [4.78, 5) is 12.4. The van der Waals surface area contributed by atoms with Crippen LogP contribution in [0.4, 0.5) is 10.1 Å². The monoisotopic (exact) mass is 479 g/mol. The van der Waals surface area contributed by atoms with Gasteiger partial charge in [0, 0.05) is 15.6 Å². The molecule has 0 aliphatic carbocycles. The number of hydrogen-bond acceptors (Lipinski definition) is 4. The van der Waals surface area contributed by atoms with Crippen LogP contribution < -0.4 is 9.73 Å². The Hall–Kier alpha value is -2.94. The Morgan fingerprint density at radius 2 is 1.61 bits per heavy atom. The normalized spacial score (nSPS) is 11.5. The summed E-state index contributed by atoms with van der Waals surface area (Å²) < 4.78 is 40.9. The molecule has 0 saturated heterocycles. The van der Waals surface area contributed by atoms with E-state index in [2.05, 4.69) is 10.5 Å². The van der Waals surface area contributed by atoms with Crippen molar-refractivity contribution < 1.29 is 17.6 Å². The molecule has 0 aliphatic heterocycles. The molecule has 0 aliphatic rings. The van der Waals surface area contributed by atoms with Crippen LogP contribution in [0.5, 0.6) is 0 Å². The number of hydrazone groups is 1. The van der Waals surface area contributed by atoms with Gasteiger partial charge >= 0.3 is 0 Å². The third kappa shape index (κ3) is 5.81. The molecule has 1 N–H and O–H groups in total. The summed E-state index contributed by atoms with van der Waals surface area (Å²) in [6, 6.07) is 17.7. The number of carbonyl (C=O) groups excluding carboxylic acids is 1. The van der Waals surface area contributed by atoms with Gasteiger partial charge in [0.1, 0.15) is 12.4 Å². The smallest absolute Gasteiger partial charge is 0.264 e. The van der Waals surface area contributed by atoms with E-state index < -0.39 is 28.3 Å².